The van der Waals surface area contributed by atoms with Gasteiger partial charge in [-0.2, -0.15) is 4.31 Å². The first-order valence-corrected chi connectivity index (χ1v) is 11.0. The largest absolute Gasteiger partial charge is 0.399 e. The zero-order chi connectivity index (χ0) is 21.1. The van der Waals surface area contributed by atoms with Crippen LogP contribution in [0.25, 0.3) is 10.8 Å². The Kier molecular flexibility index (Phi) is 7.20. The summed E-state index contributed by atoms with van der Waals surface area (Å²) in [5, 5.41) is 11.0. The molecule has 1 unspecified atom stereocenters. The number of nitrogens with two attached hydrogens (primary N) is 1. The van der Waals surface area contributed by atoms with Gasteiger partial charge in [-0.1, -0.05) is 39.8 Å². The van der Waals surface area contributed by atoms with Crippen LogP contribution < -0.4 is 5.73 Å². The number of sulfonamides is 1. The third-order valence-corrected chi connectivity index (χ3v) is 6.67. The third-order valence-electron chi connectivity index (χ3n) is 4.80. The van der Waals surface area contributed by atoms with Gasteiger partial charge in [0.1, 0.15) is 6.61 Å². The summed E-state index contributed by atoms with van der Waals surface area (Å²) in [5.74, 6) is -0.480. The van der Waals surface area contributed by atoms with Crippen molar-refractivity contribution in [3.8, 4) is 0 Å². The van der Waals surface area contributed by atoms with Crippen LogP contribution in [-0.4, -0.2) is 42.8 Å². The molecule has 0 aliphatic rings. The number of nitrogens with zero attached hydrogens (tertiary/aromatic N) is 1. The highest BCUT2D eigenvalue weighted by molar-refractivity contribution is 7.89. The molecular weight excluding hydrogens is 376 g/mol. The van der Waals surface area contributed by atoms with Crippen molar-refractivity contribution < 1.29 is 18.3 Å². The molecule has 6 nitrogen and oxygen atoms in total. The maximum Gasteiger partial charge on any atom is 0.243 e. The van der Waals surface area contributed by atoms with Gasteiger partial charge in [0, 0.05) is 12.2 Å². The molecule has 0 heterocycles. The Balaban J connectivity index is 2.55. The first-order chi connectivity index (χ1) is 13.1. The molecule has 0 fully saturated rings. The zero-order valence-corrected chi connectivity index (χ0v) is 17.7. The predicted molar refractivity (Wildman–Crippen MR) is 112 cm³/mol. The van der Waals surface area contributed by atoms with E-state index in [9.17, 15) is 18.3 Å². The van der Waals surface area contributed by atoms with Gasteiger partial charge in [-0.3, -0.25) is 4.79 Å². The van der Waals surface area contributed by atoms with E-state index >= 15 is 0 Å². The van der Waals surface area contributed by atoms with Crippen LogP contribution in [0.5, 0.6) is 0 Å². The van der Waals surface area contributed by atoms with E-state index < -0.39 is 28.5 Å². The smallest absolute Gasteiger partial charge is 0.243 e. The van der Waals surface area contributed by atoms with Crippen molar-refractivity contribution in [2.45, 2.75) is 45.1 Å². The van der Waals surface area contributed by atoms with Crippen molar-refractivity contribution in [1.82, 2.24) is 4.31 Å². The Bertz CT molecular complexity index is 939. The molecule has 0 aliphatic carbocycles. The highest BCUT2D eigenvalue weighted by Crippen LogP contribution is 2.27. The number of rotatable bonds is 9. The molecule has 0 aliphatic heterocycles. The van der Waals surface area contributed by atoms with E-state index in [1.165, 1.54) is 4.31 Å². The first-order valence-electron chi connectivity index (χ1n) is 9.52. The number of carbonyl (C=O) groups excluding carboxylic acids is 1. The van der Waals surface area contributed by atoms with Gasteiger partial charge in [0.05, 0.1) is 10.9 Å². The van der Waals surface area contributed by atoms with Gasteiger partial charge >= 0.3 is 0 Å². The highest BCUT2D eigenvalue weighted by atomic mass is 32.2. The first kappa shape index (κ1) is 22.3. The van der Waals surface area contributed by atoms with Gasteiger partial charge in [0.2, 0.25) is 10.0 Å². The fourth-order valence-corrected chi connectivity index (χ4v) is 5.08. The van der Waals surface area contributed by atoms with Crippen molar-refractivity contribution in [3.63, 3.8) is 0 Å². The van der Waals surface area contributed by atoms with Gasteiger partial charge in [-0.25, -0.2) is 8.42 Å². The SMILES string of the molecule is CC(C)CCN(C(C(=O)CO)C(C)C)S(=O)(=O)c1ccc2cc(N)ccc2c1. The van der Waals surface area contributed by atoms with Crippen molar-refractivity contribution in [2.24, 2.45) is 11.8 Å². The molecule has 0 spiro atoms. The van der Waals surface area contributed by atoms with Crippen molar-refractivity contribution in [1.29, 1.82) is 0 Å². The van der Waals surface area contributed by atoms with E-state index in [-0.39, 0.29) is 23.3 Å². The topological polar surface area (TPSA) is 101 Å². The molecule has 154 valence electrons. The van der Waals surface area contributed by atoms with Crippen molar-refractivity contribution >= 4 is 32.3 Å². The van der Waals surface area contributed by atoms with Gasteiger partial charge in [-0.15, -0.1) is 0 Å². The Morgan fingerprint density at radius 3 is 2.25 bits per heavy atom. The summed E-state index contributed by atoms with van der Waals surface area (Å²) in [6, 6.07) is 9.25. The summed E-state index contributed by atoms with van der Waals surface area (Å²) < 4.78 is 28.2. The molecule has 0 amide bonds. The van der Waals surface area contributed by atoms with E-state index in [4.69, 9.17) is 5.73 Å². The van der Waals surface area contributed by atoms with Gasteiger partial charge in [0.25, 0.3) is 0 Å². The fourth-order valence-electron chi connectivity index (χ4n) is 3.29. The third kappa shape index (κ3) is 4.90. The lowest BCUT2D eigenvalue weighted by molar-refractivity contribution is -0.126. The Morgan fingerprint density at radius 1 is 1.07 bits per heavy atom. The van der Waals surface area contributed by atoms with Crippen LogP contribution in [0.2, 0.25) is 0 Å². The number of benzene rings is 2. The molecule has 0 aromatic heterocycles. The Labute approximate surface area is 167 Å². The standard InChI is InChI=1S/C21H30N2O4S/c1-14(2)9-10-23(21(15(3)4)20(25)13-24)28(26,27)19-8-6-16-11-18(22)7-5-17(16)12-19/h5-8,11-12,14-15,21,24H,9-10,13,22H2,1-4H3. The van der Waals surface area contributed by atoms with E-state index in [0.29, 0.717) is 12.1 Å². The van der Waals surface area contributed by atoms with Crippen LogP contribution in [-0.2, 0) is 14.8 Å². The van der Waals surface area contributed by atoms with Crippen LogP contribution in [0, 0.1) is 11.8 Å². The molecule has 1 atom stereocenters. The number of ketones is 1. The Hall–Kier alpha value is -1.96. The number of fused-ring (bicyclic) bond motifs is 1. The molecule has 2 rings (SSSR count). The van der Waals surface area contributed by atoms with Crippen LogP contribution in [0.3, 0.4) is 0 Å². The maximum absolute atomic E-state index is 13.5. The Morgan fingerprint density at radius 2 is 1.68 bits per heavy atom. The average molecular weight is 407 g/mol. The monoisotopic (exact) mass is 406 g/mol. The lowest BCUT2D eigenvalue weighted by Crippen LogP contribution is -2.49. The van der Waals surface area contributed by atoms with E-state index in [1.807, 2.05) is 13.8 Å². The van der Waals surface area contributed by atoms with Crippen molar-refractivity contribution in [3.05, 3.63) is 36.4 Å². The number of anilines is 1. The summed E-state index contributed by atoms with van der Waals surface area (Å²) in [5.41, 5.74) is 6.40. The number of hydrogen-bond donors (Lipinski definition) is 2. The summed E-state index contributed by atoms with van der Waals surface area (Å²) in [6.45, 7) is 7.12. The number of aliphatic hydroxyl groups excluding tert-OH is 1. The lowest BCUT2D eigenvalue weighted by atomic mass is 9.99. The van der Waals surface area contributed by atoms with Crippen LogP contribution in [0.1, 0.15) is 34.1 Å². The minimum Gasteiger partial charge on any atom is -0.399 e. The summed E-state index contributed by atoms with van der Waals surface area (Å²) >= 11 is 0. The normalized spacial score (nSPS) is 13.6. The molecule has 0 saturated heterocycles. The number of carbonyl (C=O) groups is 1. The molecule has 0 bridgehead atoms. The van der Waals surface area contributed by atoms with Crippen LogP contribution in [0.4, 0.5) is 5.69 Å². The number of aliphatic hydroxyl groups is 1. The summed E-state index contributed by atoms with van der Waals surface area (Å²) in [7, 11) is -3.93. The average Bonchev–Trinajstić information content (AvgIpc) is 2.63. The van der Waals surface area contributed by atoms with Gasteiger partial charge in [0.15, 0.2) is 5.78 Å². The van der Waals surface area contributed by atoms with E-state index in [2.05, 4.69) is 0 Å². The summed E-state index contributed by atoms with van der Waals surface area (Å²) in [6.07, 6.45) is 0.616. The second-order valence-electron chi connectivity index (χ2n) is 7.88. The predicted octanol–water partition coefficient (Wildman–Crippen LogP) is 3.04. The van der Waals surface area contributed by atoms with Crippen molar-refractivity contribution in [2.75, 3.05) is 18.9 Å². The van der Waals surface area contributed by atoms with Crippen LogP contribution in [0.15, 0.2) is 41.3 Å². The van der Waals surface area contributed by atoms with Crippen LogP contribution >= 0.6 is 0 Å². The fraction of sp³-hybridized carbons (Fsp3) is 0.476. The zero-order valence-electron chi connectivity index (χ0n) is 16.9. The molecule has 28 heavy (non-hydrogen) atoms. The molecule has 7 heteroatoms. The summed E-state index contributed by atoms with van der Waals surface area (Å²) in [4.78, 5) is 12.5. The second kappa shape index (κ2) is 9.03. The maximum atomic E-state index is 13.5. The molecule has 3 N–H and O–H groups in total. The van der Waals surface area contributed by atoms with Gasteiger partial charge in [-0.05, 0) is 53.3 Å². The van der Waals surface area contributed by atoms with E-state index in [1.54, 1.807) is 50.2 Å². The molecule has 2 aromatic rings. The quantitative estimate of drug-likeness (QED) is 0.623. The minimum atomic E-state index is -3.93. The second-order valence-corrected chi connectivity index (χ2v) is 9.77. The minimum absolute atomic E-state index is 0.130. The molecule has 0 saturated carbocycles. The number of Topliss-reactive ketones (excluding diaryl/α,β-unsaturated/α-hetero) is 1. The number of hydrogen-bond acceptors (Lipinski definition) is 5. The lowest BCUT2D eigenvalue weighted by Gasteiger charge is -2.32. The molecule has 2 aromatic carbocycles. The highest BCUT2D eigenvalue weighted by Gasteiger charge is 2.37. The molecule has 0 radical (unpaired) electrons. The van der Waals surface area contributed by atoms with E-state index in [0.717, 1.165) is 10.8 Å². The molecular formula is C21H30N2O4S. The number of nitrogen functional groups attached to an aromatic ring is 1. The van der Waals surface area contributed by atoms with Gasteiger partial charge < -0.3 is 10.8 Å².